The highest BCUT2D eigenvalue weighted by Gasteiger charge is 2.70. The van der Waals surface area contributed by atoms with Crippen molar-refractivity contribution in [1.82, 2.24) is 5.01 Å². The predicted octanol–water partition coefficient (Wildman–Crippen LogP) is 6.38. The van der Waals surface area contributed by atoms with Crippen molar-refractivity contribution in [3.8, 4) is 11.5 Å². The number of para-hydroxylation sites is 1. The molecule has 4 amide bonds. The minimum Gasteiger partial charge on any atom is -0.508 e. The number of imide groups is 2. The van der Waals surface area contributed by atoms with E-state index < -0.39 is 52.6 Å². The van der Waals surface area contributed by atoms with Gasteiger partial charge in [-0.25, -0.2) is 4.39 Å². The van der Waals surface area contributed by atoms with Crippen LogP contribution in [-0.2, 0) is 24.6 Å². The number of phenolic OH excluding ortho intramolecular Hbond substituents is 1. The van der Waals surface area contributed by atoms with Crippen LogP contribution in [0.15, 0.2) is 109 Å². The summed E-state index contributed by atoms with van der Waals surface area (Å²) in [5.74, 6) is -6.11. The summed E-state index contributed by atoms with van der Waals surface area (Å²) >= 11 is 6.34. The molecule has 0 bridgehead atoms. The van der Waals surface area contributed by atoms with Crippen LogP contribution in [0.1, 0.15) is 29.9 Å². The lowest BCUT2D eigenvalue weighted by atomic mass is 9.49. The molecule has 11 heteroatoms. The van der Waals surface area contributed by atoms with E-state index in [4.69, 9.17) is 16.3 Å². The second-order valence-electron chi connectivity index (χ2n) is 13.1. The molecule has 9 nitrogen and oxygen atoms in total. The highest BCUT2D eigenvalue weighted by molar-refractivity contribution is 6.30. The molecule has 0 aromatic heterocycles. The summed E-state index contributed by atoms with van der Waals surface area (Å²) in [6.45, 7) is 0. The van der Waals surface area contributed by atoms with Crippen molar-refractivity contribution in [2.24, 2.45) is 23.7 Å². The first-order valence-corrected chi connectivity index (χ1v) is 16.7. The van der Waals surface area contributed by atoms with E-state index in [1.54, 1.807) is 66.7 Å². The molecule has 252 valence electrons. The molecule has 4 aromatic carbocycles. The summed E-state index contributed by atoms with van der Waals surface area (Å²) in [7, 11) is 1.47. The molecule has 50 heavy (non-hydrogen) atoms. The average molecular weight is 692 g/mol. The van der Waals surface area contributed by atoms with Gasteiger partial charge in [-0.1, -0.05) is 59.6 Å². The van der Waals surface area contributed by atoms with E-state index >= 15 is 4.79 Å². The van der Waals surface area contributed by atoms with Gasteiger partial charge >= 0.3 is 0 Å². The van der Waals surface area contributed by atoms with Crippen molar-refractivity contribution in [2.45, 2.75) is 24.2 Å². The summed E-state index contributed by atoms with van der Waals surface area (Å²) < 4.78 is 19.2. The molecule has 3 fully saturated rings. The van der Waals surface area contributed by atoms with Gasteiger partial charge in [0.1, 0.15) is 17.3 Å². The van der Waals surface area contributed by atoms with Gasteiger partial charge < -0.3 is 9.84 Å². The quantitative estimate of drug-likeness (QED) is 0.178. The van der Waals surface area contributed by atoms with Crippen LogP contribution in [-0.4, -0.2) is 40.9 Å². The van der Waals surface area contributed by atoms with Crippen molar-refractivity contribution in [3.05, 3.63) is 131 Å². The Morgan fingerprint density at radius 3 is 2.28 bits per heavy atom. The molecular formula is C39H31ClFN3O6. The number of amides is 4. The number of ether oxygens (including phenoxy) is 1. The number of hydrogen-bond donors (Lipinski definition) is 2. The number of methoxy groups -OCH3 is 1. The zero-order valence-corrected chi connectivity index (χ0v) is 27.5. The number of halogens is 2. The van der Waals surface area contributed by atoms with Crippen LogP contribution in [0.4, 0.5) is 15.8 Å². The molecule has 6 atom stereocenters. The minimum absolute atomic E-state index is 0.0802. The van der Waals surface area contributed by atoms with Crippen molar-refractivity contribution < 1.29 is 33.4 Å². The Kier molecular flexibility index (Phi) is 7.52. The summed E-state index contributed by atoms with van der Waals surface area (Å²) in [5, 5.41) is 13.0. The fourth-order valence-corrected chi connectivity index (χ4v) is 8.85. The third-order valence-corrected chi connectivity index (χ3v) is 11.1. The van der Waals surface area contributed by atoms with Gasteiger partial charge in [0.25, 0.3) is 11.8 Å². The first kappa shape index (κ1) is 31.8. The Bertz CT molecular complexity index is 2090. The van der Waals surface area contributed by atoms with Crippen LogP contribution in [0.25, 0.3) is 0 Å². The topological polar surface area (TPSA) is 116 Å². The lowest BCUT2D eigenvalue weighted by Crippen LogP contribution is -2.53. The number of hydrazine groups is 1. The summed E-state index contributed by atoms with van der Waals surface area (Å²) in [5.41, 5.74) is 3.64. The fourth-order valence-electron chi connectivity index (χ4n) is 8.73. The number of phenols is 1. The van der Waals surface area contributed by atoms with Gasteiger partial charge in [-0.2, -0.15) is 5.01 Å². The summed E-state index contributed by atoms with van der Waals surface area (Å²) in [6, 6.07) is 25.6. The smallest absolute Gasteiger partial charge is 0.260 e. The second-order valence-corrected chi connectivity index (χ2v) is 13.6. The van der Waals surface area contributed by atoms with Crippen molar-refractivity contribution >= 4 is 46.6 Å². The highest BCUT2D eigenvalue weighted by atomic mass is 35.5. The number of benzene rings is 4. The number of nitrogens with one attached hydrogen (secondary N) is 1. The lowest BCUT2D eigenvalue weighted by molar-refractivity contribution is -0.138. The number of hydrogen-bond acceptors (Lipinski definition) is 7. The molecule has 8 rings (SSSR count). The number of aromatic hydroxyl groups is 1. The third kappa shape index (κ3) is 4.58. The Hall–Kier alpha value is -5.48. The maximum absolute atomic E-state index is 15.2. The molecule has 2 aliphatic carbocycles. The van der Waals surface area contributed by atoms with Crippen molar-refractivity contribution in [1.29, 1.82) is 0 Å². The van der Waals surface area contributed by atoms with Gasteiger partial charge in [0.15, 0.2) is 0 Å². The van der Waals surface area contributed by atoms with E-state index in [1.807, 2.05) is 6.08 Å². The van der Waals surface area contributed by atoms with Crippen LogP contribution in [0.5, 0.6) is 11.5 Å². The Morgan fingerprint density at radius 1 is 0.880 bits per heavy atom. The minimum atomic E-state index is -1.61. The van der Waals surface area contributed by atoms with E-state index in [1.165, 1.54) is 42.3 Å². The summed E-state index contributed by atoms with van der Waals surface area (Å²) in [4.78, 5) is 59.3. The molecule has 0 radical (unpaired) electrons. The van der Waals surface area contributed by atoms with Gasteiger partial charge in [0.05, 0.1) is 41.7 Å². The molecule has 4 aromatic rings. The standard InChI is InChI=1S/C39H31ClFN3O6/c1-50-26-15-16-28(32(45)19-26)34-27-17-18-29-33(37(48)43(35(29)46)25-5-3-2-4-6-25)30(27)20-31-36(47)44(42-24-13-11-23(41)12-14-24)38(49)39(31,34)21-7-9-22(40)10-8-21/h2-17,19,29-31,33-34,42,45H,18,20H2,1H3/t29-,30+,31-,33-,34+,39+/m0/s1. The van der Waals surface area contributed by atoms with Crippen LogP contribution in [0, 0.1) is 29.5 Å². The monoisotopic (exact) mass is 691 g/mol. The zero-order chi connectivity index (χ0) is 34.9. The number of anilines is 2. The maximum atomic E-state index is 15.2. The maximum Gasteiger partial charge on any atom is 0.260 e. The van der Waals surface area contributed by atoms with Crippen molar-refractivity contribution in [3.63, 3.8) is 0 Å². The lowest BCUT2D eigenvalue weighted by Gasteiger charge is -2.50. The van der Waals surface area contributed by atoms with Gasteiger partial charge in [0.2, 0.25) is 11.8 Å². The van der Waals surface area contributed by atoms with Gasteiger partial charge in [-0.05, 0) is 78.9 Å². The first-order chi connectivity index (χ1) is 24.1. The average Bonchev–Trinajstić information content (AvgIpc) is 3.50. The van der Waals surface area contributed by atoms with Crippen LogP contribution in [0.2, 0.25) is 5.02 Å². The van der Waals surface area contributed by atoms with E-state index in [9.17, 15) is 23.9 Å². The Balaban J connectivity index is 1.34. The van der Waals surface area contributed by atoms with E-state index in [0.717, 1.165) is 5.01 Å². The molecular weight excluding hydrogens is 661 g/mol. The molecule has 0 unspecified atom stereocenters. The molecule has 2 saturated heterocycles. The molecule has 4 aliphatic rings. The summed E-state index contributed by atoms with van der Waals surface area (Å²) in [6.07, 6.45) is 2.23. The molecule has 0 spiro atoms. The van der Waals surface area contributed by atoms with Crippen LogP contribution in [0.3, 0.4) is 0 Å². The number of carbonyl (C=O) groups is 4. The van der Waals surface area contributed by atoms with Crippen molar-refractivity contribution in [2.75, 3.05) is 17.4 Å². The normalized spacial score (nSPS) is 27.1. The van der Waals surface area contributed by atoms with Crippen LogP contribution >= 0.6 is 11.6 Å². The number of carbonyl (C=O) groups excluding carboxylic acids is 4. The van der Waals surface area contributed by atoms with E-state index in [0.29, 0.717) is 38.8 Å². The first-order valence-electron chi connectivity index (χ1n) is 16.3. The third-order valence-electron chi connectivity index (χ3n) is 10.8. The van der Waals surface area contributed by atoms with E-state index in [2.05, 4.69) is 5.43 Å². The number of rotatable bonds is 6. The Labute approximate surface area is 291 Å². The molecule has 2 heterocycles. The molecule has 1 saturated carbocycles. The van der Waals surface area contributed by atoms with Gasteiger partial charge in [-0.3, -0.25) is 29.5 Å². The SMILES string of the molecule is COc1ccc([C@H]2C3=CC[C@@H]4C(=O)N(c5ccccc5)C(=O)[C@@H]4[C@@H]3C[C@H]3C(=O)N(Nc4ccc(F)cc4)C(=O)[C@@]23c2ccc(Cl)cc2)c(O)c1. The Morgan fingerprint density at radius 2 is 1.60 bits per heavy atom. The number of fused-ring (bicyclic) bond motifs is 4. The van der Waals surface area contributed by atoms with Gasteiger partial charge in [-0.15, -0.1) is 0 Å². The van der Waals surface area contributed by atoms with Crippen LogP contribution < -0.4 is 15.1 Å². The number of allylic oxidation sites excluding steroid dienone is 2. The molecule has 2 N–H and O–H groups in total. The zero-order valence-electron chi connectivity index (χ0n) is 26.8. The van der Waals surface area contributed by atoms with E-state index in [-0.39, 0.29) is 30.4 Å². The highest BCUT2D eigenvalue weighted by Crippen LogP contribution is 2.65. The predicted molar refractivity (Wildman–Crippen MR) is 183 cm³/mol. The largest absolute Gasteiger partial charge is 0.508 e. The van der Waals surface area contributed by atoms with Gasteiger partial charge in [0, 0.05) is 22.6 Å². The fraction of sp³-hybridized carbons (Fsp3) is 0.231. The number of nitrogens with zero attached hydrogens (tertiary/aromatic N) is 2. The second kappa shape index (κ2) is 11.8. The molecule has 2 aliphatic heterocycles.